The van der Waals surface area contributed by atoms with Crippen LogP contribution in [0, 0.1) is 6.07 Å². The highest BCUT2D eigenvalue weighted by atomic mass is 16.1. The van der Waals surface area contributed by atoms with Gasteiger partial charge in [-0.3, -0.25) is 4.79 Å². The van der Waals surface area contributed by atoms with E-state index in [1.54, 1.807) is 6.07 Å². The van der Waals surface area contributed by atoms with Crippen molar-refractivity contribution in [3.05, 3.63) is 29.8 Å². The predicted molar refractivity (Wildman–Crippen MR) is 48.1 cm³/mol. The summed E-state index contributed by atoms with van der Waals surface area (Å²) in [5.74, 6) is -0.445. The van der Waals surface area contributed by atoms with E-state index in [1.165, 1.54) is 0 Å². The van der Waals surface area contributed by atoms with Gasteiger partial charge < -0.3 is 10.6 Å². The molecule has 0 unspecified atom stereocenters. The fraction of sp³-hybridized carbons (Fsp3) is 0.222. The third-order valence-corrected chi connectivity index (χ3v) is 1.56. The Kier molecular flexibility index (Phi) is 2.33. The molecule has 3 nitrogen and oxygen atoms in total. The summed E-state index contributed by atoms with van der Waals surface area (Å²) in [5.41, 5.74) is 6.38. The van der Waals surface area contributed by atoms with Crippen LogP contribution in [0.5, 0.6) is 0 Å². The molecule has 1 aromatic rings. The molecule has 12 heavy (non-hydrogen) atoms. The number of nitrogens with zero attached hydrogens (tertiary/aromatic N) is 1. The molecule has 1 aromatic carbocycles. The molecular formula is C9H11N2O. The van der Waals surface area contributed by atoms with Crippen LogP contribution < -0.4 is 10.6 Å². The lowest BCUT2D eigenvalue weighted by Gasteiger charge is -2.14. The van der Waals surface area contributed by atoms with Crippen molar-refractivity contribution in [2.75, 3.05) is 19.0 Å². The standard InChI is InChI=1S/C9H11N2O/c1-11(2)8-6-4-3-5-7(8)9(10)12/h3-4,6H,1-2H3,(H2,10,12). The van der Waals surface area contributed by atoms with Crippen LogP contribution in [0.4, 0.5) is 5.69 Å². The first kappa shape index (κ1) is 8.59. The van der Waals surface area contributed by atoms with Gasteiger partial charge in [-0.1, -0.05) is 12.1 Å². The van der Waals surface area contributed by atoms with E-state index in [2.05, 4.69) is 6.07 Å². The molecule has 2 N–H and O–H groups in total. The maximum absolute atomic E-state index is 10.9. The van der Waals surface area contributed by atoms with Crippen LogP contribution >= 0.6 is 0 Å². The molecule has 0 saturated carbocycles. The molecule has 0 aromatic heterocycles. The van der Waals surface area contributed by atoms with Crippen molar-refractivity contribution < 1.29 is 4.79 Å². The Hall–Kier alpha value is -1.51. The fourth-order valence-corrected chi connectivity index (χ4v) is 0.998. The van der Waals surface area contributed by atoms with Crippen molar-refractivity contribution >= 4 is 11.6 Å². The van der Waals surface area contributed by atoms with E-state index in [0.717, 1.165) is 5.69 Å². The van der Waals surface area contributed by atoms with Crippen LogP contribution in [-0.4, -0.2) is 20.0 Å². The second-order valence-corrected chi connectivity index (χ2v) is 2.69. The summed E-state index contributed by atoms with van der Waals surface area (Å²) >= 11 is 0. The number of hydrogen-bond donors (Lipinski definition) is 1. The molecular weight excluding hydrogens is 152 g/mol. The molecule has 1 radical (unpaired) electrons. The van der Waals surface area contributed by atoms with E-state index in [4.69, 9.17) is 5.73 Å². The lowest BCUT2D eigenvalue weighted by Crippen LogP contribution is -2.18. The van der Waals surface area contributed by atoms with Gasteiger partial charge in [0.05, 0.1) is 5.56 Å². The van der Waals surface area contributed by atoms with Crippen molar-refractivity contribution in [2.45, 2.75) is 0 Å². The number of anilines is 1. The first-order valence-electron chi connectivity index (χ1n) is 3.60. The first-order chi connectivity index (χ1) is 5.63. The van der Waals surface area contributed by atoms with E-state index < -0.39 is 5.91 Å². The Morgan fingerprint density at radius 1 is 1.58 bits per heavy atom. The van der Waals surface area contributed by atoms with Gasteiger partial charge in [-0.05, 0) is 12.1 Å². The van der Waals surface area contributed by atoms with Gasteiger partial charge >= 0.3 is 0 Å². The monoisotopic (exact) mass is 163 g/mol. The van der Waals surface area contributed by atoms with Gasteiger partial charge in [-0.2, -0.15) is 0 Å². The number of carbonyl (C=O) groups is 1. The number of nitrogens with two attached hydrogens (primary N) is 1. The number of amides is 1. The maximum Gasteiger partial charge on any atom is 0.251 e. The molecule has 1 rings (SSSR count). The molecule has 3 heteroatoms. The summed E-state index contributed by atoms with van der Waals surface area (Å²) in [6, 6.07) is 8.13. The molecule has 0 aliphatic carbocycles. The Labute approximate surface area is 71.8 Å². The summed E-state index contributed by atoms with van der Waals surface area (Å²) < 4.78 is 0. The average Bonchev–Trinajstić information content (AvgIpc) is 2.04. The summed E-state index contributed by atoms with van der Waals surface area (Å²) in [5, 5.41) is 0. The normalized spacial score (nSPS) is 9.50. The highest BCUT2D eigenvalue weighted by Gasteiger charge is 2.07. The second-order valence-electron chi connectivity index (χ2n) is 2.69. The van der Waals surface area contributed by atoms with Gasteiger partial charge in [-0.15, -0.1) is 0 Å². The molecule has 0 saturated heterocycles. The van der Waals surface area contributed by atoms with Crippen LogP contribution in [0.25, 0.3) is 0 Å². The summed E-state index contributed by atoms with van der Waals surface area (Å²) in [4.78, 5) is 12.7. The van der Waals surface area contributed by atoms with Gasteiger partial charge in [0, 0.05) is 19.8 Å². The van der Waals surface area contributed by atoms with E-state index in [0.29, 0.717) is 5.56 Å². The van der Waals surface area contributed by atoms with Crippen LogP contribution in [-0.2, 0) is 0 Å². The predicted octanol–water partition coefficient (Wildman–Crippen LogP) is 0.652. The number of primary amides is 1. The molecule has 0 aliphatic heterocycles. The Bertz CT molecular complexity index is 294. The smallest absolute Gasteiger partial charge is 0.251 e. The minimum Gasteiger partial charge on any atom is -0.377 e. The topological polar surface area (TPSA) is 46.3 Å². The van der Waals surface area contributed by atoms with Crippen molar-refractivity contribution in [2.24, 2.45) is 5.73 Å². The molecule has 63 valence electrons. The van der Waals surface area contributed by atoms with Crippen molar-refractivity contribution in [1.29, 1.82) is 0 Å². The molecule has 0 atom stereocenters. The van der Waals surface area contributed by atoms with Crippen LogP contribution in [0.2, 0.25) is 0 Å². The van der Waals surface area contributed by atoms with E-state index in [-0.39, 0.29) is 0 Å². The molecule has 0 bridgehead atoms. The van der Waals surface area contributed by atoms with Gasteiger partial charge in [0.1, 0.15) is 0 Å². The summed E-state index contributed by atoms with van der Waals surface area (Å²) in [7, 11) is 3.71. The minimum absolute atomic E-state index is 0.433. The Morgan fingerprint density at radius 2 is 2.25 bits per heavy atom. The number of benzene rings is 1. The second kappa shape index (κ2) is 3.26. The Morgan fingerprint density at radius 3 is 2.67 bits per heavy atom. The molecule has 0 aliphatic rings. The highest BCUT2D eigenvalue weighted by Crippen LogP contribution is 2.15. The van der Waals surface area contributed by atoms with E-state index in [9.17, 15) is 4.79 Å². The summed E-state index contributed by atoms with van der Waals surface area (Å²) in [6.07, 6.45) is 0. The van der Waals surface area contributed by atoms with Crippen LogP contribution in [0.3, 0.4) is 0 Å². The van der Waals surface area contributed by atoms with E-state index >= 15 is 0 Å². The molecule has 1 amide bonds. The quantitative estimate of drug-likeness (QED) is 0.695. The van der Waals surface area contributed by atoms with Gasteiger partial charge in [0.15, 0.2) is 0 Å². The molecule has 0 spiro atoms. The first-order valence-corrected chi connectivity index (χ1v) is 3.60. The Balaban J connectivity index is 3.17. The highest BCUT2D eigenvalue weighted by molar-refractivity contribution is 5.98. The number of carbonyl (C=O) groups excluding carboxylic acids is 1. The number of rotatable bonds is 2. The van der Waals surface area contributed by atoms with Crippen molar-refractivity contribution in [3.8, 4) is 0 Å². The summed E-state index contributed by atoms with van der Waals surface area (Å²) in [6.45, 7) is 0. The zero-order chi connectivity index (χ0) is 9.14. The van der Waals surface area contributed by atoms with Crippen LogP contribution in [0.1, 0.15) is 10.4 Å². The lowest BCUT2D eigenvalue weighted by molar-refractivity contribution is 0.100. The van der Waals surface area contributed by atoms with E-state index in [1.807, 2.05) is 31.1 Å². The number of hydrogen-bond acceptors (Lipinski definition) is 2. The van der Waals surface area contributed by atoms with Gasteiger partial charge in [0.25, 0.3) is 5.91 Å². The third-order valence-electron chi connectivity index (χ3n) is 1.56. The lowest BCUT2D eigenvalue weighted by atomic mass is 10.1. The minimum atomic E-state index is -0.445. The van der Waals surface area contributed by atoms with Gasteiger partial charge in [-0.25, -0.2) is 0 Å². The fourth-order valence-electron chi connectivity index (χ4n) is 0.998. The maximum atomic E-state index is 10.9. The molecule has 0 fully saturated rings. The average molecular weight is 163 g/mol. The van der Waals surface area contributed by atoms with Crippen LogP contribution in [0.15, 0.2) is 18.2 Å². The van der Waals surface area contributed by atoms with Crippen molar-refractivity contribution in [3.63, 3.8) is 0 Å². The zero-order valence-electron chi connectivity index (χ0n) is 7.16. The van der Waals surface area contributed by atoms with Gasteiger partial charge in [0.2, 0.25) is 0 Å². The van der Waals surface area contributed by atoms with Crippen molar-refractivity contribution in [1.82, 2.24) is 0 Å². The SMILES string of the molecule is CN(C)c1ccc[c]c1C(N)=O. The third kappa shape index (κ3) is 1.56. The largest absolute Gasteiger partial charge is 0.377 e. The molecule has 0 heterocycles. The zero-order valence-corrected chi connectivity index (χ0v) is 7.16.